The van der Waals surface area contributed by atoms with Crippen LogP contribution in [0.3, 0.4) is 0 Å². The number of hydrogen-bond donors (Lipinski definition) is 0. The molecule has 0 bridgehead atoms. The molecule has 0 fully saturated rings. The van der Waals surface area contributed by atoms with Gasteiger partial charge in [-0.25, -0.2) is 8.78 Å². The fourth-order valence-electron chi connectivity index (χ4n) is 0.987. The summed E-state index contributed by atoms with van der Waals surface area (Å²) in [5.74, 6) is -0.390. The summed E-state index contributed by atoms with van der Waals surface area (Å²) in [6.07, 6.45) is -2.77. The summed E-state index contributed by atoms with van der Waals surface area (Å²) in [4.78, 5) is 0. The molecule has 8 heteroatoms. The zero-order valence-corrected chi connectivity index (χ0v) is 8.53. The molecule has 1 aromatic carbocycles. The molecule has 0 aliphatic rings. The van der Waals surface area contributed by atoms with Crippen LogP contribution in [0.1, 0.15) is 0 Å². The van der Waals surface area contributed by atoms with Crippen LogP contribution in [0.25, 0.3) is 0 Å². The highest BCUT2D eigenvalue weighted by atomic mass is 35.5. The molecule has 0 saturated heterocycles. The van der Waals surface area contributed by atoms with Crippen molar-refractivity contribution in [2.24, 2.45) is 0 Å². The quantitative estimate of drug-likeness (QED) is 0.596. The fourth-order valence-corrected chi connectivity index (χ4v) is 1.16. The minimum absolute atomic E-state index is 0.135. The molecule has 0 spiro atoms. The van der Waals surface area contributed by atoms with Crippen LogP contribution in [0, 0.1) is 0 Å². The van der Waals surface area contributed by atoms with Crippen LogP contribution < -0.4 is 10.2 Å². The molecule has 0 atom stereocenters. The van der Waals surface area contributed by atoms with Crippen LogP contribution in [-0.2, 0) is 0 Å². The Morgan fingerprint density at radius 3 is 2.38 bits per heavy atom. The van der Waals surface area contributed by atoms with Crippen molar-refractivity contribution in [2.45, 2.75) is 6.43 Å². The van der Waals surface area contributed by atoms with Crippen LogP contribution in [-0.4, -0.2) is 20.0 Å². The van der Waals surface area contributed by atoms with Crippen LogP contribution in [0.4, 0.5) is 21.7 Å². The average Bonchev–Trinajstić information content (AvgIpc) is 2.14. The molecule has 0 unspecified atom stereocenters. The van der Waals surface area contributed by atoms with Crippen molar-refractivity contribution in [3.8, 4) is 5.75 Å². The first-order valence-electron chi connectivity index (χ1n) is 4.21. The maximum atomic E-state index is 12.3. The van der Waals surface area contributed by atoms with Gasteiger partial charge in [0.05, 0.1) is 5.02 Å². The Morgan fingerprint density at radius 1 is 1.25 bits per heavy atom. The van der Waals surface area contributed by atoms with Gasteiger partial charge in [-0.05, 0) is 12.1 Å². The molecule has 0 N–H and O–H groups in total. The first kappa shape index (κ1) is 13.1. The van der Waals surface area contributed by atoms with Crippen molar-refractivity contribution in [2.75, 3.05) is 6.61 Å². The second-order valence-electron chi connectivity index (χ2n) is 2.97. The maximum Gasteiger partial charge on any atom is 0.509 e. The Hall–Kier alpha value is -0.975. The molecular weight excluding hydrogens is 253 g/mol. The summed E-state index contributed by atoms with van der Waals surface area (Å²) in [6, 6.07) is 2.36. The maximum absolute atomic E-state index is 12.3. The van der Waals surface area contributed by atoms with E-state index in [0.29, 0.717) is 6.07 Å². The second-order valence-corrected chi connectivity index (χ2v) is 3.37. The van der Waals surface area contributed by atoms with Gasteiger partial charge in [-0.2, -0.15) is 0 Å². The van der Waals surface area contributed by atoms with Gasteiger partial charge in [0, 0.05) is 0 Å². The van der Waals surface area contributed by atoms with Crippen molar-refractivity contribution in [3.05, 3.63) is 23.2 Å². The number of benzene rings is 1. The number of halogens is 6. The summed E-state index contributed by atoms with van der Waals surface area (Å²) in [5.41, 5.74) is -0.936. The van der Waals surface area contributed by atoms with E-state index in [4.69, 9.17) is 11.6 Å². The van der Waals surface area contributed by atoms with E-state index in [1.165, 1.54) is 0 Å². The summed E-state index contributed by atoms with van der Waals surface area (Å²) in [7, 11) is 0. The summed E-state index contributed by atoms with van der Waals surface area (Å²) in [5, 5.41) is -0.135. The third kappa shape index (κ3) is 3.55. The Morgan fingerprint density at radius 2 is 1.88 bits per heavy atom. The lowest BCUT2D eigenvalue weighted by Crippen LogP contribution is -2.33. The van der Waals surface area contributed by atoms with Crippen molar-refractivity contribution in [1.29, 1.82) is 0 Å². The number of ether oxygens (including phenoxy) is 1. The molecule has 0 heterocycles. The zero-order valence-electron chi connectivity index (χ0n) is 7.77. The van der Waals surface area contributed by atoms with E-state index in [2.05, 4.69) is 4.74 Å². The van der Waals surface area contributed by atoms with Gasteiger partial charge in [-0.15, -0.1) is 5.46 Å². The van der Waals surface area contributed by atoms with Crippen molar-refractivity contribution in [1.82, 2.24) is 0 Å². The monoisotopic (exact) mass is 259 g/mol. The Balaban J connectivity index is 2.91. The molecule has 1 rings (SSSR count). The third-order valence-corrected chi connectivity index (χ3v) is 2.01. The van der Waals surface area contributed by atoms with Gasteiger partial charge in [-0.3, -0.25) is 0 Å². The van der Waals surface area contributed by atoms with E-state index in [9.17, 15) is 21.7 Å². The largest absolute Gasteiger partial charge is 0.509 e. The zero-order chi connectivity index (χ0) is 12.3. The number of rotatable bonds is 4. The molecule has 16 heavy (non-hydrogen) atoms. The first-order valence-corrected chi connectivity index (χ1v) is 4.59. The van der Waals surface area contributed by atoms with Crippen LogP contribution in [0.15, 0.2) is 18.2 Å². The lowest BCUT2D eigenvalue weighted by atomic mass is 9.80. The predicted molar refractivity (Wildman–Crippen MR) is 51.7 cm³/mol. The summed E-state index contributed by atoms with van der Waals surface area (Å²) >= 11 is 5.50. The highest BCUT2D eigenvalue weighted by Gasteiger charge is 2.26. The van der Waals surface area contributed by atoms with Crippen molar-refractivity contribution in [3.63, 3.8) is 0 Å². The standard InChI is InChI=1S/C8H6BClF5O/c10-6-2-1-5(9(13,14)15)3-7(6)16-4-8(11)12/h1-3,8H,4H2/q-1. The van der Waals surface area contributed by atoms with E-state index in [0.717, 1.165) is 12.1 Å². The van der Waals surface area contributed by atoms with Gasteiger partial charge in [0.15, 0.2) is 0 Å². The highest BCUT2D eigenvalue weighted by Crippen LogP contribution is 2.24. The summed E-state index contributed by atoms with van der Waals surface area (Å²) in [6.45, 7) is -6.19. The predicted octanol–water partition coefficient (Wildman–Crippen LogP) is 3.04. The van der Waals surface area contributed by atoms with Gasteiger partial charge >= 0.3 is 6.98 Å². The van der Waals surface area contributed by atoms with Crippen molar-refractivity contribution < 1.29 is 26.5 Å². The molecule has 0 amide bonds. The van der Waals surface area contributed by atoms with E-state index in [1.54, 1.807) is 0 Å². The van der Waals surface area contributed by atoms with Crippen LogP contribution in [0.2, 0.25) is 5.02 Å². The van der Waals surface area contributed by atoms with E-state index in [1.807, 2.05) is 0 Å². The van der Waals surface area contributed by atoms with Crippen molar-refractivity contribution >= 4 is 24.0 Å². The normalized spacial score (nSPS) is 11.9. The van der Waals surface area contributed by atoms with Gasteiger partial charge in [0.25, 0.3) is 6.43 Å². The first-order chi connectivity index (χ1) is 7.30. The number of hydrogen-bond acceptors (Lipinski definition) is 1. The van der Waals surface area contributed by atoms with E-state index < -0.39 is 31.2 Å². The topological polar surface area (TPSA) is 9.23 Å². The van der Waals surface area contributed by atoms with Crippen LogP contribution in [0.5, 0.6) is 5.75 Å². The lowest BCUT2D eigenvalue weighted by Gasteiger charge is -2.16. The molecule has 0 radical (unpaired) electrons. The van der Waals surface area contributed by atoms with E-state index in [-0.39, 0.29) is 5.02 Å². The molecule has 0 saturated carbocycles. The molecule has 0 aromatic heterocycles. The molecule has 90 valence electrons. The second kappa shape index (κ2) is 4.90. The Labute approximate surface area is 93.2 Å². The molecule has 1 aromatic rings. The van der Waals surface area contributed by atoms with Gasteiger partial charge in [0.2, 0.25) is 0 Å². The number of alkyl halides is 2. The Bertz CT molecular complexity index is 368. The fraction of sp³-hybridized carbons (Fsp3) is 0.250. The molecule has 0 aliphatic heterocycles. The molecule has 1 nitrogen and oxygen atoms in total. The van der Waals surface area contributed by atoms with Gasteiger partial charge in [-0.1, -0.05) is 17.7 Å². The average molecular weight is 259 g/mol. The smallest absolute Gasteiger partial charge is 0.486 e. The minimum Gasteiger partial charge on any atom is -0.486 e. The lowest BCUT2D eigenvalue weighted by molar-refractivity contribution is 0.0820. The van der Waals surface area contributed by atoms with Gasteiger partial charge in [0.1, 0.15) is 12.4 Å². The molecule has 0 aliphatic carbocycles. The van der Waals surface area contributed by atoms with Gasteiger partial charge < -0.3 is 17.7 Å². The van der Waals surface area contributed by atoms with E-state index >= 15 is 0 Å². The Kier molecular flexibility index (Phi) is 4.01. The summed E-state index contributed by atoms with van der Waals surface area (Å²) < 4.78 is 65.0. The molecular formula is C8H6BClF5O-. The van der Waals surface area contributed by atoms with Crippen LogP contribution >= 0.6 is 11.6 Å². The minimum atomic E-state index is -5.20. The third-order valence-electron chi connectivity index (χ3n) is 1.70. The highest BCUT2D eigenvalue weighted by molar-refractivity contribution is 6.73. The SMILES string of the molecule is FC(F)COc1cc([B-](F)(F)F)ccc1Cl.